The van der Waals surface area contributed by atoms with Crippen LogP contribution in [0.2, 0.25) is 16.7 Å². The standard InChI is InChI=1S/C13H17.C6H7.C2H6Si.2ClH.Zr/c1-3-7-12-10(5-1)9-11-6-2-4-8-13(11)12;1-6-4-2-3-5-6;1-3-2;;;/h1,3,5,7,9-13H,2,4,6,8H2;2,4H,3H2,1H3;1-2H3;2*1H;. The van der Waals surface area contributed by atoms with Gasteiger partial charge in [-0.2, -0.15) is 0 Å². The smallest absolute Gasteiger partial charge is 0.147 e. The third kappa shape index (κ3) is 3.94. The van der Waals surface area contributed by atoms with Crippen LogP contribution in [-0.4, -0.2) is 5.43 Å². The first kappa shape index (κ1) is 21.9. The fourth-order valence-electron chi connectivity index (χ4n) is 6.01. The van der Waals surface area contributed by atoms with Crippen molar-refractivity contribution in [1.29, 1.82) is 0 Å². The van der Waals surface area contributed by atoms with E-state index in [1.807, 2.05) is 3.28 Å². The molecule has 138 valence electrons. The van der Waals surface area contributed by atoms with Gasteiger partial charge in [-0.3, -0.25) is 0 Å². The molecule has 0 spiro atoms. The van der Waals surface area contributed by atoms with Gasteiger partial charge in [0, 0.05) is 0 Å². The minimum absolute atomic E-state index is 0. The predicted molar refractivity (Wildman–Crippen MR) is 113 cm³/mol. The Labute approximate surface area is 174 Å². The minimum atomic E-state index is -1.53. The van der Waals surface area contributed by atoms with Crippen LogP contribution in [0.3, 0.4) is 0 Å². The Morgan fingerprint density at radius 2 is 1.60 bits per heavy atom. The van der Waals surface area contributed by atoms with Gasteiger partial charge in [0.25, 0.3) is 0 Å². The molecule has 0 heterocycles. The Hall–Kier alpha value is 0.640. The third-order valence-corrected chi connectivity index (χ3v) is 26.3. The third-order valence-electron chi connectivity index (χ3n) is 6.83. The van der Waals surface area contributed by atoms with Crippen LogP contribution in [-0.2, 0) is 20.4 Å². The summed E-state index contributed by atoms with van der Waals surface area (Å²) in [6, 6.07) is 0. The molecule has 0 radical (unpaired) electrons. The van der Waals surface area contributed by atoms with Crippen molar-refractivity contribution in [3.8, 4) is 0 Å². The average Bonchev–Trinajstić information content (AvgIpc) is 3.11. The van der Waals surface area contributed by atoms with Crippen molar-refractivity contribution in [2.45, 2.75) is 55.7 Å². The number of hydrogen-bond acceptors (Lipinski definition) is 0. The molecule has 0 bridgehead atoms. The van der Waals surface area contributed by atoms with Crippen molar-refractivity contribution >= 4 is 30.2 Å². The summed E-state index contributed by atoms with van der Waals surface area (Å²) in [7, 11) is 0. The van der Waals surface area contributed by atoms with E-state index >= 15 is 0 Å². The number of halogens is 2. The van der Waals surface area contributed by atoms with Gasteiger partial charge < -0.3 is 0 Å². The zero-order valence-electron chi connectivity index (χ0n) is 15.7. The normalized spacial score (nSPS) is 34.9. The molecule has 2 fully saturated rings. The molecular weight excluding hydrogens is 442 g/mol. The molecule has 4 aliphatic rings. The molecular formula is C21H32Cl2SiZr. The molecule has 0 aliphatic heterocycles. The molecule has 0 N–H and O–H groups in total. The van der Waals surface area contributed by atoms with Gasteiger partial charge in [0.15, 0.2) is 0 Å². The van der Waals surface area contributed by atoms with E-state index in [2.05, 4.69) is 56.5 Å². The van der Waals surface area contributed by atoms with Gasteiger partial charge in [0.05, 0.1) is 0 Å². The maximum atomic E-state index is 2.66. The first-order valence-electron chi connectivity index (χ1n) is 9.57. The molecule has 0 aromatic rings. The van der Waals surface area contributed by atoms with Gasteiger partial charge in [0.2, 0.25) is 0 Å². The van der Waals surface area contributed by atoms with Crippen LogP contribution in [0, 0.1) is 23.7 Å². The van der Waals surface area contributed by atoms with Crippen LogP contribution in [0.25, 0.3) is 0 Å². The molecule has 0 nitrogen and oxygen atoms in total. The van der Waals surface area contributed by atoms with E-state index in [0.717, 1.165) is 27.3 Å². The van der Waals surface area contributed by atoms with Crippen molar-refractivity contribution in [2.75, 3.05) is 0 Å². The van der Waals surface area contributed by atoms with E-state index in [1.54, 1.807) is 12.0 Å². The van der Waals surface area contributed by atoms with Crippen LogP contribution in [0.5, 0.6) is 0 Å². The topological polar surface area (TPSA) is 0 Å². The van der Waals surface area contributed by atoms with E-state index in [0.29, 0.717) is 0 Å². The summed E-state index contributed by atoms with van der Waals surface area (Å²) in [5, 5.41) is 0. The first-order chi connectivity index (χ1) is 11.2. The molecule has 0 saturated heterocycles. The van der Waals surface area contributed by atoms with Gasteiger partial charge >= 0.3 is 151 Å². The number of hydrogen-bond donors (Lipinski definition) is 0. The molecule has 0 amide bonds. The van der Waals surface area contributed by atoms with Crippen molar-refractivity contribution in [3.63, 3.8) is 0 Å². The van der Waals surface area contributed by atoms with E-state index in [9.17, 15) is 0 Å². The van der Waals surface area contributed by atoms with Crippen LogP contribution in [0.15, 0.2) is 45.3 Å². The fourth-order valence-corrected chi connectivity index (χ4v) is 27.7. The summed E-state index contributed by atoms with van der Waals surface area (Å²) in [4.78, 5) is 0. The second-order valence-electron chi connectivity index (χ2n) is 8.24. The van der Waals surface area contributed by atoms with Crippen molar-refractivity contribution in [1.82, 2.24) is 0 Å². The van der Waals surface area contributed by atoms with Crippen LogP contribution in [0.4, 0.5) is 0 Å². The quantitative estimate of drug-likeness (QED) is 0.382. The Balaban J connectivity index is 0.00000113. The van der Waals surface area contributed by atoms with E-state index in [-0.39, 0.29) is 30.2 Å². The van der Waals surface area contributed by atoms with Crippen LogP contribution < -0.4 is 0 Å². The Bertz CT molecular complexity index is 655. The summed E-state index contributed by atoms with van der Waals surface area (Å²) in [6.45, 7) is 7.72. The molecule has 0 aromatic carbocycles. The summed E-state index contributed by atoms with van der Waals surface area (Å²) < 4.78 is 3.12. The molecule has 4 aliphatic carbocycles. The van der Waals surface area contributed by atoms with Gasteiger partial charge in [-0.05, 0) is 0 Å². The molecule has 5 unspecified atom stereocenters. The second kappa shape index (κ2) is 9.22. The summed E-state index contributed by atoms with van der Waals surface area (Å²) >= 11 is -1.53. The van der Waals surface area contributed by atoms with Crippen molar-refractivity contribution in [2.24, 2.45) is 23.7 Å². The largest absolute Gasteiger partial charge is 0.147 e. The molecule has 2 saturated carbocycles. The Morgan fingerprint density at radius 3 is 2.20 bits per heavy atom. The molecule has 5 atom stereocenters. The van der Waals surface area contributed by atoms with Gasteiger partial charge in [-0.15, -0.1) is 24.8 Å². The van der Waals surface area contributed by atoms with Crippen molar-refractivity contribution in [3.05, 3.63) is 45.3 Å². The monoisotopic (exact) mass is 472 g/mol. The predicted octanol–water partition coefficient (Wildman–Crippen LogP) is 6.90. The fraction of sp³-hybridized carbons (Fsp3) is 0.619. The maximum absolute atomic E-state index is 2.66. The van der Waals surface area contributed by atoms with Crippen molar-refractivity contribution < 1.29 is 20.4 Å². The zero-order valence-corrected chi connectivity index (χ0v) is 20.8. The van der Waals surface area contributed by atoms with E-state index < -0.39 is 20.4 Å². The SMILES string of the molecule is CC1=[C]([Zr]([CH]2C3C=CC=CC3C3CCCCC32)=[Si](C)C)CC=C1.Cl.Cl. The van der Waals surface area contributed by atoms with Crippen LogP contribution in [0.1, 0.15) is 39.0 Å². The van der Waals surface area contributed by atoms with Gasteiger partial charge in [0.1, 0.15) is 0 Å². The summed E-state index contributed by atoms with van der Waals surface area (Å²) in [5.74, 6) is 3.89. The molecule has 0 aromatic heterocycles. The molecule has 4 rings (SSSR count). The van der Waals surface area contributed by atoms with Gasteiger partial charge in [-0.25, -0.2) is 0 Å². The molecule has 4 heteroatoms. The van der Waals surface area contributed by atoms with Gasteiger partial charge in [-0.1, -0.05) is 0 Å². The zero-order chi connectivity index (χ0) is 16.0. The van der Waals surface area contributed by atoms with E-state index in [1.165, 1.54) is 25.7 Å². The average molecular weight is 475 g/mol. The number of rotatable bonds is 2. The Kier molecular flexibility index (Phi) is 8.09. The minimum Gasteiger partial charge on any atom is -0.147 e. The number of fused-ring (bicyclic) bond motifs is 3. The number of allylic oxidation sites excluding steroid dienone is 8. The van der Waals surface area contributed by atoms with E-state index in [4.69, 9.17) is 0 Å². The first-order valence-corrected chi connectivity index (χ1v) is 18.4. The van der Waals surface area contributed by atoms with Crippen LogP contribution >= 0.6 is 24.8 Å². The summed E-state index contributed by atoms with van der Waals surface area (Å²) in [5.41, 5.74) is 1.55. The second-order valence-corrected chi connectivity index (χ2v) is 26.0. The Morgan fingerprint density at radius 1 is 0.960 bits per heavy atom. The maximum Gasteiger partial charge on any atom is -0.147 e. The summed E-state index contributed by atoms with van der Waals surface area (Å²) in [6.07, 6.45) is 22.2. The molecule has 25 heavy (non-hydrogen) atoms.